The fourth-order valence-corrected chi connectivity index (χ4v) is 9.80. The van der Waals surface area contributed by atoms with E-state index >= 15 is 0 Å². The molecule has 10 atom stereocenters. The molecule has 5 aliphatic rings. The van der Waals surface area contributed by atoms with Crippen molar-refractivity contribution in [2.24, 2.45) is 28.6 Å². The summed E-state index contributed by atoms with van der Waals surface area (Å²) in [4.78, 5) is 61.4. The quantitative estimate of drug-likeness (QED) is 0.333. The first-order valence-electron chi connectivity index (χ1n) is 15.0. The van der Waals surface area contributed by atoms with E-state index < -0.39 is 82.0 Å². The molecule has 2 N–H and O–H groups in total. The third kappa shape index (κ3) is 4.94. The fraction of sp³-hybridized carbons (Fsp3) is 0.774. The van der Waals surface area contributed by atoms with Gasteiger partial charge in [-0.2, -0.15) is 0 Å². The van der Waals surface area contributed by atoms with Crippen molar-refractivity contribution in [3.63, 3.8) is 0 Å². The van der Waals surface area contributed by atoms with Crippen molar-refractivity contribution < 1.29 is 57.9 Å². The number of carbonyl (C=O) groups excluding carboxylic acids is 5. The Hall–Kier alpha value is -2.99. The van der Waals surface area contributed by atoms with Gasteiger partial charge >= 0.3 is 29.8 Å². The molecule has 4 fully saturated rings. The van der Waals surface area contributed by atoms with Gasteiger partial charge in [-0.15, -0.1) is 0 Å². The minimum atomic E-state index is -1.68. The van der Waals surface area contributed by atoms with Gasteiger partial charge in [0.05, 0.1) is 16.6 Å². The van der Waals surface area contributed by atoms with Crippen LogP contribution in [-0.2, 0) is 47.7 Å². The van der Waals surface area contributed by atoms with E-state index in [1.807, 2.05) is 6.92 Å². The zero-order chi connectivity index (χ0) is 31.5. The summed E-state index contributed by atoms with van der Waals surface area (Å²) in [6.45, 7) is 6.70. The third-order valence-corrected chi connectivity index (χ3v) is 11.2. The van der Waals surface area contributed by atoms with E-state index in [1.54, 1.807) is 0 Å². The second kappa shape index (κ2) is 10.9. The lowest BCUT2D eigenvalue weighted by molar-refractivity contribution is -0.320. The van der Waals surface area contributed by atoms with Crippen LogP contribution < -0.4 is 0 Å². The normalized spacial score (nSPS) is 43.2. The highest BCUT2D eigenvalue weighted by atomic mass is 16.6. The Morgan fingerprint density at radius 3 is 2.19 bits per heavy atom. The third-order valence-electron chi connectivity index (χ3n) is 11.2. The summed E-state index contributed by atoms with van der Waals surface area (Å²) in [5.74, 6) is -4.43. The van der Waals surface area contributed by atoms with Crippen LogP contribution in [0.5, 0.6) is 0 Å². The van der Waals surface area contributed by atoms with E-state index in [1.165, 1.54) is 33.8 Å². The van der Waals surface area contributed by atoms with Gasteiger partial charge in [-0.25, -0.2) is 4.79 Å². The smallest absolute Gasteiger partial charge is 0.331 e. The molecule has 1 heterocycles. The van der Waals surface area contributed by atoms with Gasteiger partial charge in [-0.05, 0) is 49.5 Å². The summed E-state index contributed by atoms with van der Waals surface area (Å²) < 4.78 is 28.3. The van der Waals surface area contributed by atoms with Crippen LogP contribution in [0.15, 0.2) is 11.6 Å². The number of fused-ring (bicyclic) bond motifs is 5. The topological polar surface area (TPSA) is 172 Å². The first-order chi connectivity index (χ1) is 20.1. The first-order valence-corrected chi connectivity index (χ1v) is 15.0. The van der Waals surface area contributed by atoms with Gasteiger partial charge in [0, 0.05) is 57.9 Å². The Labute approximate surface area is 250 Å². The van der Waals surface area contributed by atoms with Crippen LogP contribution in [0.3, 0.4) is 0 Å². The number of carbonyl (C=O) groups is 5. The first kappa shape index (κ1) is 31.4. The van der Waals surface area contributed by atoms with E-state index in [9.17, 15) is 34.2 Å². The molecule has 12 nitrogen and oxygen atoms in total. The highest BCUT2D eigenvalue weighted by Crippen LogP contribution is 2.71. The highest BCUT2D eigenvalue weighted by molar-refractivity contribution is 5.85. The van der Waals surface area contributed by atoms with E-state index in [4.69, 9.17) is 23.7 Å². The summed E-state index contributed by atoms with van der Waals surface area (Å²) in [5, 5.41) is 25.4. The van der Waals surface area contributed by atoms with Crippen molar-refractivity contribution in [3.8, 4) is 0 Å². The molecule has 1 aliphatic heterocycles. The fourth-order valence-electron chi connectivity index (χ4n) is 9.80. The second-order valence-electron chi connectivity index (χ2n) is 13.4. The number of hydrogen-bond donors (Lipinski definition) is 2. The summed E-state index contributed by atoms with van der Waals surface area (Å²) in [7, 11) is 0. The van der Waals surface area contributed by atoms with Crippen molar-refractivity contribution in [2.45, 2.75) is 109 Å². The van der Waals surface area contributed by atoms with E-state index in [2.05, 4.69) is 0 Å². The van der Waals surface area contributed by atoms with Crippen molar-refractivity contribution in [3.05, 3.63) is 11.6 Å². The van der Waals surface area contributed by atoms with Crippen LogP contribution in [0.2, 0.25) is 0 Å². The molecule has 0 amide bonds. The monoisotopic (exact) mass is 606 g/mol. The maximum atomic E-state index is 12.8. The van der Waals surface area contributed by atoms with Crippen molar-refractivity contribution >= 4 is 29.8 Å². The minimum Gasteiger partial charge on any atom is -0.465 e. The summed E-state index contributed by atoms with van der Waals surface area (Å²) >= 11 is 0. The Bertz CT molecular complexity index is 1240. The number of hydrogen-bond acceptors (Lipinski definition) is 12. The van der Waals surface area contributed by atoms with Crippen molar-refractivity contribution in [1.29, 1.82) is 0 Å². The zero-order valence-electron chi connectivity index (χ0n) is 25.4. The molecule has 12 heteroatoms. The molecule has 0 aromatic heterocycles. The number of cyclic esters (lactones) is 1. The van der Waals surface area contributed by atoms with Gasteiger partial charge in [0.1, 0.15) is 31.5 Å². The summed E-state index contributed by atoms with van der Waals surface area (Å²) in [5.41, 5.74) is -4.58. The predicted molar refractivity (Wildman–Crippen MR) is 146 cm³/mol. The van der Waals surface area contributed by atoms with E-state index in [-0.39, 0.29) is 44.8 Å². The average molecular weight is 607 g/mol. The largest absolute Gasteiger partial charge is 0.465 e. The van der Waals surface area contributed by atoms with Crippen molar-refractivity contribution in [1.82, 2.24) is 0 Å². The van der Waals surface area contributed by atoms with Crippen LogP contribution in [0.1, 0.15) is 79.6 Å². The Morgan fingerprint density at radius 1 is 0.930 bits per heavy atom. The maximum absolute atomic E-state index is 12.8. The van der Waals surface area contributed by atoms with Gasteiger partial charge in [-0.1, -0.05) is 6.92 Å². The summed E-state index contributed by atoms with van der Waals surface area (Å²) in [6, 6.07) is 0. The molecule has 0 aromatic carbocycles. The lowest BCUT2D eigenvalue weighted by atomic mass is 9.40. The highest BCUT2D eigenvalue weighted by Gasteiger charge is 2.77. The number of ether oxygens (including phenoxy) is 5. The molecule has 0 bridgehead atoms. The molecule has 0 saturated heterocycles. The van der Waals surface area contributed by atoms with Crippen LogP contribution in [0, 0.1) is 28.6 Å². The molecular weight excluding hydrogens is 564 g/mol. The lowest BCUT2D eigenvalue weighted by Gasteiger charge is -2.68. The molecule has 0 unspecified atom stereocenters. The molecule has 43 heavy (non-hydrogen) atoms. The number of aliphatic hydroxyl groups is 2. The molecule has 5 rings (SSSR count). The Morgan fingerprint density at radius 2 is 1.60 bits per heavy atom. The standard InChI is InChI=1S/C31H42O12/c1-16(32)40-15-30-25(43-19(4)35)11-21(41-17(2)33)12-29(30,37)8-6-23-27(30)24(42-18(3)34)13-28(5)22(7-9-31(23,28)38)20-10-26(36)39-14-20/h10,21-25,27,37-38H,6-9,11-15H2,1-5H3/t21-,22+,23+,24+,25+,27+,28+,29+,30+,31+/m0/s1. The Kier molecular flexibility index (Phi) is 7.95. The van der Waals surface area contributed by atoms with Crippen LogP contribution in [-0.4, -0.2) is 82.8 Å². The minimum absolute atomic E-state index is 0.0173. The van der Waals surface area contributed by atoms with E-state index in [0.717, 1.165) is 5.57 Å². The molecule has 0 radical (unpaired) electrons. The molecular formula is C31H42O12. The Balaban J connectivity index is 1.68. The maximum Gasteiger partial charge on any atom is 0.331 e. The average Bonchev–Trinajstić information content (AvgIpc) is 3.41. The zero-order valence-corrected chi connectivity index (χ0v) is 25.4. The van der Waals surface area contributed by atoms with Crippen LogP contribution >= 0.6 is 0 Å². The van der Waals surface area contributed by atoms with Gasteiger partial charge in [-0.3, -0.25) is 19.2 Å². The summed E-state index contributed by atoms with van der Waals surface area (Å²) in [6.07, 6.45) is 0.250. The molecule has 0 aromatic rings. The van der Waals surface area contributed by atoms with Gasteiger partial charge in [0.2, 0.25) is 0 Å². The molecule has 0 spiro atoms. The van der Waals surface area contributed by atoms with Gasteiger partial charge in [0.15, 0.2) is 0 Å². The van der Waals surface area contributed by atoms with Crippen LogP contribution in [0.25, 0.3) is 0 Å². The molecule has 4 saturated carbocycles. The van der Waals surface area contributed by atoms with Gasteiger partial charge < -0.3 is 33.9 Å². The predicted octanol–water partition coefficient (Wildman–Crippen LogP) is 1.92. The number of rotatable bonds is 6. The van der Waals surface area contributed by atoms with Crippen molar-refractivity contribution in [2.75, 3.05) is 13.2 Å². The lowest BCUT2D eigenvalue weighted by Crippen LogP contribution is -2.76. The molecule has 238 valence electrons. The number of esters is 5. The second-order valence-corrected chi connectivity index (χ2v) is 13.4. The SMILES string of the molecule is CC(=O)OC[C@@]12[C@@H]3[C@@H](CC[C@@]1(O)C[C@@H](OC(C)=O)C[C@H]2OC(C)=O)[C@]1(O)CC[C@H](C2=CC(=O)OC2)[C@@]1(C)C[C@H]3OC(C)=O. The molecule has 4 aliphatic carbocycles. The van der Waals surface area contributed by atoms with Gasteiger partial charge in [0.25, 0.3) is 0 Å². The van der Waals surface area contributed by atoms with Crippen LogP contribution in [0.4, 0.5) is 0 Å². The van der Waals surface area contributed by atoms with E-state index in [0.29, 0.717) is 19.3 Å².